The third-order valence-electron chi connectivity index (χ3n) is 4.33. The first-order chi connectivity index (χ1) is 8.60. The molecule has 1 saturated heterocycles. The zero-order chi connectivity index (χ0) is 13.1. The van der Waals surface area contributed by atoms with Crippen LogP contribution in [-0.2, 0) is 4.74 Å². The van der Waals surface area contributed by atoms with Crippen LogP contribution in [0, 0.1) is 11.8 Å². The lowest BCUT2D eigenvalue weighted by molar-refractivity contribution is 0.0257. The minimum atomic E-state index is -0.266. The van der Waals surface area contributed by atoms with Crippen LogP contribution in [0.25, 0.3) is 0 Å². The average Bonchev–Trinajstić information content (AvgIpc) is 2.26. The molecule has 1 aliphatic carbocycles. The Balaban J connectivity index is 1.86. The molecule has 0 aromatic rings. The molecule has 4 unspecified atom stereocenters. The summed E-state index contributed by atoms with van der Waals surface area (Å²) in [4.78, 5) is 14.1. The molecule has 4 heteroatoms. The fraction of sp³-hybridized carbons (Fsp3) is 0.929. The van der Waals surface area contributed by atoms with Gasteiger partial charge in [0.15, 0.2) is 0 Å². The molecule has 1 saturated carbocycles. The maximum Gasteiger partial charge on any atom is 0.407 e. The average molecular weight is 254 g/mol. The summed E-state index contributed by atoms with van der Waals surface area (Å²) in [7, 11) is 0. The van der Waals surface area contributed by atoms with E-state index in [-0.39, 0.29) is 12.1 Å². The topological polar surface area (TPSA) is 41.6 Å². The molecule has 0 radical (unpaired) electrons. The Morgan fingerprint density at radius 3 is 2.67 bits per heavy atom. The van der Waals surface area contributed by atoms with Crippen molar-refractivity contribution >= 4 is 6.09 Å². The Hall–Kier alpha value is -0.770. The van der Waals surface area contributed by atoms with E-state index in [1.807, 2.05) is 6.92 Å². The molecule has 2 aliphatic rings. The summed E-state index contributed by atoms with van der Waals surface area (Å²) < 4.78 is 4.97. The van der Waals surface area contributed by atoms with Gasteiger partial charge in [0.05, 0.1) is 6.61 Å². The minimum absolute atomic E-state index is 0.251. The molecule has 0 spiro atoms. The van der Waals surface area contributed by atoms with Crippen LogP contribution in [0.15, 0.2) is 0 Å². The molecule has 0 aromatic heterocycles. The second-order valence-electron chi connectivity index (χ2n) is 5.98. The number of likely N-dealkylation sites (tertiary alicyclic amines) is 1. The van der Waals surface area contributed by atoms with Crippen LogP contribution >= 0.6 is 0 Å². The molecule has 0 aromatic carbocycles. The van der Waals surface area contributed by atoms with Crippen molar-refractivity contribution in [3.63, 3.8) is 0 Å². The number of carbonyl (C=O) groups is 1. The number of carbonyl (C=O) groups excluding carboxylic acids is 1. The number of rotatable bonds is 3. The molecule has 1 N–H and O–H groups in total. The monoisotopic (exact) mass is 254 g/mol. The van der Waals surface area contributed by atoms with Crippen LogP contribution in [0.3, 0.4) is 0 Å². The Labute approximate surface area is 110 Å². The van der Waals surface area contributed by atoms with E-state index in [0.717, 1.165) is 24.9 Å². The van der Waals surface area contributed by atoms with Crippen LogP contribution in [0.2, 0.25) is 0 Å². The zero-order valence-electron chi connectivity index (χ0n) is 11.8. The van der Waals surface area contributed by atoms with Crippen molar-refractivity contribution in [2.45, 2.75) is 52.1 Å². The lowest BCUT2D eigenvalue weighted by Crippen LogP contribution is -2.57. The zero-order valence-corrected chi connectivity index (χ0v) is 11.8. The van der Waals surface area contributed by atoms with Gasteiger partial charge >= 0.3 is 6.09 Å². The van der Waals surface area contributed by atoms with Gasteiger partial charge in [-0.1, -0.05) is 13.8 Å². The molecule has 4 atom stereocenters. The standard InChI is InChI=1S/C14H26N2O2/c1-4-18-14(17)15-12-7-10(2)8-16(9-12)13-6-5-11(13)3/h10-13H,4-9H2,1-3H3,(H,15,17). The van der Waals surface area contributed by atoms with Crippen LogP contribution in [0.4, 0.5) is 4.79 Å². The van der Waals surface area contributed by atoms with E-state index in [4.69, 9.17) is 4.74 Å². The van der Waals surface area contributed by atoms with Gasteiger partial charge in [0.25, 0.3) is 0 Å². The molecule has 2 fully saturated rings. The molecule has 1 aliphatic heterocycles. The number of piperidine rings is 1. The van der Waals surface area contributed by atoms with Crippen molar-refractivity contribution in [1.29, 1.82) is 0 Å². The number of hydrogen-bond acceptors (Lipinski definition) is 3. The Morgan fingerprint density at radius 1 is 1.33 bits per heavy atom. The highest BCUT2D eigenvalue weighted by Gasteiger charge is 2.36. The van der Waals surface area contributed by atoms with Gasteiger partial charge in [0.2, 0.25) is 0 Å². The van der Waals surface area contributed by atoms with Crippen molar-refractivity contribution in [3.05, 3.63) is 0 Å². The third-order valence-corrected chi connectivity index (χ3v) is 4.33. The van der Waals surface area contributed by atoms with Gasteiger partial charge in [-0.2, -0.15) is 0 Å². The fourth-order valence-electron chi connectivity index (χ4n) is 3.30. The van der Waals surface area contributed by atoms with Crippen LogP contribution < -0.4 is 5.32 Å². The van der Waals surface area contributed by atoms with Gasteiger partial charge in [-0.25, -0.2) is 4.79 Å². The van der Waals surface area contributed by atoms with Gasteiger partial charge in [0, 0.05) is 25.2 Å². The number of alkyl carbamates (subject to hydrolysis) is 1. The summed E-state index contributed by atoms with van der Waals surface area (Å²) in [5.41, 5.74) is 0. The van der Waals surface area contributed by atoms with Crippen LogP contribution in [0.5, 0.6) is 0 Å². The highest BCUT2D eigenvalue weighted by Crippen LogP contribution is 2.34. The first-order valence-electron chi connectivity index (χ1n) is 7.27. The van der Waals surface area contributed by atoms with E-state index in [9.17, 15) is 4.79 Å². The summed E-state index contributed by atoms with van der Waals surface area (Å²) in [5.74, 6) is 1.47. The van der Waals surface area contributed by atoms with E-state index in [2.05, 4.69) is 24.1 Å². The van der Waals surface area contributed by atoms with Crippen molar-refractivity contribution in [3.8, 4) is 0 Å². The molecular formula is C14H26N2O2. The lowest BCUT2D eigenvalue weighted by atomic mass is 9.78. The van der Waals surface area contributed by atoms with Gasteiger partial charge in [-0.3, -0.25) is 4.90 Å². The lowest BCUT2D eigenvalue weighted by Gasteiger charge is -2.48. The predicted octanol–water partition coefficient (Wildman–Crippen LogP) is 2.24. The van der Waals surface area contributed by atoms with Crippen molar-refractivity contribution < 1.29 is 9.53 Å². The fourth-order valence-corrected chi connectivity index (χ4v) is 3.30. The summed E-state index contributed by atoms with van der Waals surface area (Å²) in [5, 5.41) is 3.00. The number of ether oxygens (including phenoxy) is 1. The highest BCUT2D eigenvalue weighted by atomic mass is 16.5. The summed E-state index contributed by atoms with van der Waals surface area (Å²) in [6.07, 6.45) is 3.47. The highest BCUT2D eigenvalue weighted by molar-refractivity contribution is 5.67. The third kappa shape index (κ3) is 3.16. The van der Waals surface area contributed by atoms with E-state index in [1.54, 1.807) is 0 Å². The summed E-state index contributed by atoms with van der Waals surface area (Å²) in [6, 6.07) is 0.986. The smallest absolute Gasteiger partial charge is 0.407 e. The predicted molar refractivity (Wildman–Crippen MR) is 71.5 cm³/mol. The largest absolute Gasteiger partial charge is 0.450 e. The van der Waals surface area contributed by atoms with Gasteiger partial charge in [0.1, 0.15) is 0 Å². The molecular weight excluding hydrogens is 228 g/mol. The van der Waals surface area contributed by atoms with Gasteiger partial charge < -0.3 is 10.1 Å². The number of nitrogens with one attached hydrogen (secondary N) is 1. The maximum atomic E-state index is 11.5. The Kier molecular flexibility index (Phi) is 4.49. The molecule has 0 bridgehead atoms. The van der Waals surface area contributed by atoms with E-state index >= 15 is 0 Å². The second kappa shape index (κ2) is 5.91. The summed E-state index contributed by atoms with van der Waals surface area (Å²) >= 11 is 0. The Bertz CT molecular complexity index is 296. The van der Waals surface area contributed by atoms with E-state index in [1.165, 1.54) is 19.4 Å². The molecule has 2 rings (SSSR count). The SMILES string of the molecule is CCOC(=O)NC1CC(C)CN(C2CCC2C)C1. The van der Waals surface area contributed by atoms with Crippen molar-refractivity contribution in [1.82, 2.24) is 10.2 Å². The quantitative estimate of drug-likeness (QED) is 0.840. The molecule has 1 heterocycles. The van der Waals surface area contributed by atoms with Crippen molar-refractivity contribution in [2.24, 2.45) is 11.8 Å². The van der Waals surface area contributed by atoms with Crippen molar-refractivity contribution in [2.75, 3.05) is 19.7 Å². The molecule has 4 nitrogen and oxygen atoms in total. The van der Waals surface area contributed by atoms with Gasteiger partial charge in [-0.15, -0.1) is 0 Å². The second-order valence-corrected chi connectivity index (χ2v) is 5.98. The van der Waals surface area contributed by atoms with Crippen LogP contribution in [-0.4, -0.2) is 42.8 Å². The number of hydrogen-bond donors (Lipinski definition) is 1. The molecule has 1 amide bonds. The Morgan fingerprint density at radius 2 is 2.11 bits per heavy atom. The normalized spacial score (nSPS) is 36.8. The summed E-state index contributed by atoms with van der Waals surface area (Å²) in [6.45, 7) is 9.05. The number of amides is 1. The van der Waals surface area contributed by atoms with E-state index in [0.29, 0.717) is 12.5 Å². The maximum absolute atomic E-state index is 11.5. The van der Waals surface area contributed by atoms with Crippen LogP contribution in [0.1, 0.15) is 40.0 Å². The molecule has 104 valence electrons. The molecule has 18 heavy (non-hydrogen) atoms. The first kappa shape index (κ1) is 13.7. The van der Waals surface area contributed by atoms with E-state index < -0.39 is 0 Å². The first-order valence-corrected chi connectivity index (χ1v) is 7.27. The number of nitrogens with zero attached hydrogens (tertiary/aromatic N) is 1. The minimum Gasteiger partial charge on any atom is -0.450 e. The van der Waals surface area contributed by atoms with Gasteiger partial charge in [-0.05, 0) is 38.0 Å².